The molecule has 0 spiro atoms. The number of aryl methyl sites for hydroxylation is 2. The predicted octanol–water partition coefficient (Wildman–Crippen LogP) is 3.07. The lowest BCUT2D eigenvalue weighted by atomic mass is 10.1. The number of hydrogen-bond donors (Lipinski definition) is 2. The summed E-state index contributed by atoms with van der Waals surface area (Å²) < 4.78 is 0. The topological polar surface area (TPSA) is 40.5 Å². The van der Waals surface area contributed by atoms with Gasteiger partial charge >= 0.3 is 0 Å². The summed E-state index contributed by atoms with van der Waals surface area (Å²) in [5, 5.41) is 19.9. The minimum absolute atomic E-state index is 0.735. The van der Waals surface area contributed by atoms with Gasteiger partial charge in [0.1, 0.15) is 12.2 Å². The van der Waals surface area contributed by atoms with Crippen molar-refractivity contribution in [1.29, 1.82) is 0 Å². The fourth-order valence-corrected chi connectivity index (χ4v) is 1.82. The highest BCUT2D eigenvalue weighted by Crippen LogP contribution is 2.15. The van der Waals surface area contributed by atoms with Crippen molar-refractivity contribution >= 4 is 0 Å². The second-order valence-electron chi connectivity index (χ2n) is 4.92. The Bertz CT molecular complexity index is 560. The Kier molecular flexibility index (Phi) is 4.57. The van der Waals surface area contributed by atoms with Gasteiger partial charge in [0.05, 0.1) is 0 Å². The molecule has 0 aliphatic carbocycles. The van der Waals surface area contributed by atoms with Gasteiger partial charge in [0, 0.05) is 0 Å². The average Bonchev–Trinajstić information content (AvgIpc) is 2.46. The standard InChI is InChI=1S/C18H18O2/c1-13-3-7-15(8-4-13)17(19)11-12-18(20)16-9-5-14(2)6-10-16/h3-10,17-20H,1-2H3. The van der Waals surface area contributed by atoms with E-state index in [2.05, 4.69) is 11.8 Å². The summed E-state index contributed by atoms with van der Waals surface area (Å²) in [4.78, 5) is 0. The molecule has 0 fully saturated rings. The molecule has 2 unspecified atom stereocenters. The molecule has 20 heavy (non-hydrogen) atoms. The van der Waals surface area contributed by atoms with Crippen molar-refractivity contribution in [1.82, 2.24) is 0 Å². The highest BCUT2D eigenvalue weighted by molar-refractivity contribution is 5.32. The Morgan fingerprint density at radius 2 is 0.950 bits per heavy atom. The van der Waals surface area contributed by atoms with E-state index in [1.54, 1.807) is 0 Å². The van der Waals surface area contributed by atoms with Gasteiger partial charge < -0.3 is 10.2 Å². The van der Waals surface area contributed by atoms with E-state index in [9.17, 15) is 10.2 Å². The molecule has 0 aromatic heterocycles. The smallest absolute Gasteiger partial charge is 0.140 e. The third-order valence-electron chi connectivity index (χ3n) is 3.14. The lowest BCUT2D eigenvalue weighted by molar-refractivity contribution is 0.227. The first-order valence-electron chi connectivity index (χ1n) is 6.56. The zero-order valence-corrected chi connectivity index (χ0v) is 11.7. The molecular formula is C18H18O2. The van der Waals surface area contributed by atoms with Crippen LogP contribution >= 0.6 is 0 Å². The third-order valence-corrected chi connectivity index (χ3v) is 3.14. The highest BCUT2D eigenvalue weighted by atomic mass is 16.3. The van der Waals surface area contributed by atoms with Crippen molar-refractivity contribution in [2.45, 2.75) is 26.1 Å². The van der Waals surface area contributed by atoms with E-state index >= 15 is 0 Å². The van der Waals surface area contributed by atoms with Gasteiger partial charge in [0.15, 0.2) is 0 Å². The van der Waals surface area contributed by atoms with Crippen LogP contribution in [0.3, 0.4) is 0 Å². The van der Waals surface area contributed by atoms with E-state index in [0.29, 0.717) is 0 Å². The van der Waals surface area contributed by atoms with Crippen LogP contribution < -0.4 is 0 Å². The van der Waals surface area contributed by atoms with Crippen LogP contribution in [-0.2, 0) is 0 Å². The number of benzene rings is 2. The molecule has 0 saturated carbocycles. The summed E-state index contributed by atoms with van der Waals surface area (Å²) >= 11 is 0. The second kappa shape index (κ2) is 6.38. The maximum absolute atomic E-state index is 9.97. The number of hydrogen-bond acceptors (Lipinski definition) is 2. The fraction of sp³-hybridized carbons (Fsp3) is 0.222. The molecule has 0 radical (unpaired) electrons. The molecule has 2 aromatic carbocycles. The van der Waals surface area contributed by atoms with Crippen LogP contribution in [0.5, 0.6) is 0 Å². The summed E-state index contributed by atoms with van der Waals surface area (Å²) in [6.45, 7) is 3.98. The van der Waals surface area contributed by atoms with Crippen LogP contribution in [0, 0.1) is 25.7 Å². The van der Waals surface area contributed by atoms with E-state index in [1.807, 2.05) is 62.4 Å². The maximum Gasteiger partial charge on any atom is 0.140 e. The first kappa shape index (κ1) is 14.3. The van der Waals surface area contributed by atoms with Crippen LogP contribution in [0.4, 0.5) is 0 Å². The Labute approximate surface area is 119 Å². The minimum Gasteiger partial charge on any atom is -0.376 e. The van der Waals surface area contributed by atoms with Gasteiger partial charge in [-0.1, -0.05) is 71.5 Å². The van der Waals surface area contributed by atoms with Crippen LogP contribution in [0.25, 0.3) is 0 Å². The Balaban J connectivity index is 2.09. The fourth-order valence-electron chi connectivity index (χ4n) is 1.82. The van der Waals surface area contributed by atoms with E-state index in [4.69, 9.17) is 0 Å². The number of rotatable bonds is 2. The molecule has 102 valence electrons. The first-order valence-corrected chi connectivity index (χ1v) is 6.56. The van der Waals surface area contributed by atoms with Gasteiger partial charge in [-0.2, -0.15) is 0 Å². The quantitative estimate of drug-likeness (QED) is 0.820. The largest absolute Gasteiger partial charge is 0.376 e. The third kappa shape index (κ3) is 3.71. The van der Waals surface area contributed by atoms with Crippen molar-refractivity contribution in [3.63, 3.8) is 0 Å². The Hall–Kier alpha value is -2.08. The Morgan fingerprint density at radius 1 is 0.650 bits per heavy atom. The molecule has 0 bridgehead atoms. The van der Waals surface area contributed by atoms with Crippen LogP contribution in [0.15, 0.2) is 48.5 Å². The van der Waals surface area contributed by atoms with Gasteiger partial charge in [-0.3, -0.25) is 0 Å². The predicted molar refractivity (Wildman–Crippen MR) is 80.1 cm³/mol. The summed E-state index contributed by atoms with van der Waals surface area (Å²) in [7, 11) is 0. The highest BCUT2D eigenvalue weighted by Gasteiger charge is 2.05. The molecule has 0 saturated heterocycles. The summed E-state index contributed by atoms with van der Waals surface area (Å²) in [6, 6.07) is 15.1. The molecule has 2 aromatic rings. The monoisotopic (exact) mass is 266 g/mol. The molecule has 2 N–H and O–H groups in total. The second-order valence-corrected chi connectivity index (χ2v) is 4.92. The van der Waals surface area contributed by atoms with Crippen molar-refractivity contribution in [3.05, 3.63) is 70.8 Å². The lowest BCUT2D eigenvalue weighted by Crippen LogP contribution is -1.97. The summed E-state index contributed by atoms with van der Waals surface area (Å²) in [5.41, 5.74) is 3.74. The molecule has 2 rings (SSSR count). The summed E-state index contributed by atoms with van der Waals surface area (Å²) in [5.74, 6) is 5.37. The van der Waals surface area contributed by atoms with Crippen LogP contribution in [0.1, 0.15) is 34.5 Å². The molecular weight excluding hydrogens is 248 g/mol. The van der Waals surface area contributed by atoms with Gasteiger partial charge in [-0.05, 0) is 25.0 Å². The average molecular weight is 266 g/mol. The first-order chi connectivity index (χ1) is 9.56. The van der Waals surface area contributed by atoms with Gasteiger partial charge in [-0.15, -0.1) is 0 Å². The van der Waals surface area contributed by atoms with Gasteiger partial charge in [0.2, 0.25) is 0 Å². The normalized spacial score (nSPS) is 13.2. The molecule has 0 amide bonds. The SMILES string of the molecule is Cc1ccc(C(O)C#CC(O)c2ccc(C)cc2)cc1. The molecule has 0 aliphatic rings. The van der Waals surface area contributed by atoms with Crippen molar-refractivity contribution < 1.29 is 10.2 Å². The van der Waals surface area contributed by atoms with E-state index in [-0.39, 0.29) is 0 Å². The molecule has 2 nitrogen and oxygen atoms in total. The summed E-state index contributed by atoms with van der Waals surface area (Å²) in [6.07, 6.45) is -1.76. The molecule has 0 aliphatic heterocycles. The van der Waals surface area contributed by atoms with E-state index in [0.717, 1.165) is 22.3 Å². The van der Waals surface area contributed by atoms with E-state index < -0.39 is 12.2 Å². The van der Waals surface area contributed by atoms with Crippen molar-refractivity contribution in [2.24, 2.45) is 0 Å². The van der Waals surface area contributed by atoms with Crippen LogP contribution in [-0.4, -0.2) is 10.2 Å². The molecule has 2 heteroatoms. The number of aliphatic hydroxyl groups is 2. The minimum atomic E-state index is -0.879. The number of aliphatic hydroxyl groups excluding tert-OH is 2. The van der Waals surface area contributed by atoms with Crippen molar-refractivity contribution in [2.75, 3.05) is 0 Å². The van der Waals surface area contributed by atoms with Gasteiger partial charge in [-0.25, -0.2) is 0 Å². The zero-order valence-electron chi connectivity index (χ0n) is 11.7. The molecule has 2 atom stereocenters. The van der Waals surface area contributed by atoms with Crippen molar-refractivity contribution in [3.8, 4) is 11.8 Å². The lowest BCUT2D eigenvalue weighted by Gasteiger charge is -2.06. The zero-order chi connectivity index (χ0) is 14.5. The van der Waals surface area contributed by atoms with Gasteiger partial charge in [0.25, 0.3) is 0 Å². The Morgan fingerprint density at radius 3 is 1.25 bits per heavy atom. The van der Waals surface area contributed by atoms with Crippen LogP contribution in [0.2, 0.25) is 0 Å². The maximum atomic E-state index is 9.97. The molecule has 0 heterocycles. The van der Waals surface area contributed by atoms with E-state index in [1.165, 1.54) is 0 Å².